The summed E-state index contributed by atoms with van der Waals surface area (Å²) in [4.78, 5) is 10.9. The highest BCUT2D eigenvalue weighted by Crippen LogP contribution is 2.24. The molecule has 0 aliphatic heterocycles. The van der Waals surface area contributed by atoms with Crippen molar-refractivity contribution >= 4 is 5.97 Å². The van der Waals surface area contributed by atoms with Crippen molar-refractivity contribution in [2.75, 3.05) is 6.54 Å². The van der Waals surface area contributed by atoms with Crippen LogP contribution in [0.2, 0.25) is 0 Å². The average Bonchev–Trinajstić information content (AvgIpc) is 2.26. The van der Waals surface area contributed by atoms with Gasteiger partial charge in [0.1, 0.15) is 0 Å². The summed E-state index contributed by atoms with van der Waals surface area (Å²) in [5, 5.41) is 12.5. The molecule has 0 amide bonds. The van der Waals surface area contributed by atoms with Crippen LogP contribution in [0.4, 0.5) is 0 Å². The molecule has 0 saturated heterocycles. The Kier molecular flexibility index (Phi) is 5.26. The van der Waals surface area contributed by atoms with Gasteiger partial charge in [-0.2, -0.15) is 0 Å². The van der Waals surface area contributed by atoms with Gasteiger partial charge in [-0.25, -0.2) is 0 Å². The first-order chi connectivity index (χ1) is 7.50. The third-order valence-corrected chi connectivity index (χ3v) is 3.89. The molecule has 0 aromatic heterocycles. The summed E-state index contributed by atoms with van der Waals surface area (Å²) in [6.45, 7) is 7.71. The maximum absolute atomic E-state index is 10.9. The molecule has 1 saturated carbocycles. The summed E-state index contributed by atoms with van der Waals surface area (Å²) in [7, 11) is 0. The van der Waals surface area contributed by atoms with Crippen molar-refractivity contribution in [3.05, 3.63) is 0 Å². The third-order valence-electron chi connectivity index (χ3n) is 3.89. The molecule has 1 rings (SSSR count). The van der Waals surface area contributed by atoms with Gasteiger partial charge in [-0.3, -0.25) is 4.79 Å². The molecule has 2 N–H and O–H groups in total. The molecular weight excluding hydrogens is 202 g/mol. The maximum atomic E-state index is 10.9. The van der Waals surface area contributed by atoms with E-state index in [2.05, 4.69) is 26.1 Å². The van der Waals surface area contributed by atoms with Gasteiger partial charge in [-0.05, 0) is 37.6 Å². The van der Waals surface area contributed by atoms with Crippen LogP contribution in [-0.2, 0) is 4.79 Å². The second-order valence-electron chi connectivity index (χ2n) is 5.53. The van der Waals surface area contributed by atoms with E-state index in [-0.39, 0.29) is 5.92 Å². The van der Waals surface area contributed by atoms with E-state index in [0.717, 1.165) is 32.2 Å². The standard InChI is InChI=1S/C13H25NO2/c1-9(2)10(3)8-14-12-6-4-5-11(7-12)13(15)16/h9-12,14H,4-8H2,1-3H3,(H,15,16). The quantitative estimate of drug-likeness (QED) is 0.758. The minimum atomic E-state index is -0.622. The Morgan fingerprint density at radius 1 is 1.38 bits per heavy atom. The van der Waals surface area contributed by atoms with Crippen LogP contribution in [0.25, 0.3) is 0 Å². The van der Waals surface area contributed by atoms with Crippen molar-refractivity contribution in [2.45, 2.75) is 52.5 Å². The molecule has 3 nitrogen and oxygen atoms in total. The SMILES string of the molecule is CC(C)C(C)CNC1CCCC(C(=O)O)C1. The van der Waals surface area contributed by atoms with Crippen LogP contribution < -0.4 is 5.32 Å². The molecule has 3 unspecified atom stereocenters. The first-order valence-electron chi connectivity index (χ1n) is 6.47. The first-order valence-corrected chi connectivity index (χ1v) is 6.47. The Balaban J connectivity index is 2.29. The molecule has 0 aromatic rings. The smallest absolute Gasteiger partial charge is 0.306 e. The van der Waals surface area contributed by atoms with Crippen molar-refractivity contribution in [1.82, 2.24) is 5.32 Å². The van der Waals surface area contributed by atoms with E-state index in [1.165, 1.54) is 0 Å². The summed E-state index contributed by atoms with van der Waals surface area (Å²) in [6.07, 6.45) is 3.84. The van der Waals surface area contributed by atoms with Crippen LogP contribution in [0.15, 0.2) is 0 Å². The predicted molar refractivity (Wildman–Crippen MR) is 65.4 cm³/mol. The van der Waals surface area contributed by atoms with Crippen LogP contribution in [0.3, 0.4) is 0 Å². The molecule has 0 bridgehead atoms. The normalized spacial score (nSPS) is 28.0. The Morgan fingerprint density at radius 3 is 2.62 bits per heavy atom. The van der Waals surface area contributed by atoms with E-state index < -0.39 is 5.97 Å². The highest BCUT2D eigenvalue weighted by Gasteiger charge is 2.26. The monoisotopic (exact) mass is 227 g/mol. The van der Waals surface area contributed by atoms with Crippen molar-refractivity contribution in [2.24, 2.45) is 17.8 Å². The molecule has 94 valence electrons. The van der Waals surface area contributed by atoms with Crippen LogP contribution in [0, 0.1) is 17.8 Å². The summed E-state index contributed by atoms with van der Waals surface area (Å²) >= 11 is 0. The zero-order valence-corrected chi connectivity index (χ0v) is 10.7. The van der Waals surface area contributed by atoms with Gasteiger partial charge in [0.2, 0.25) is 0 Å². The van der Waals surface area contributed by atoms with Gasteiger partial charge in [-0.1, -0.05) is 27.2 Å². The van der Waals surface area contributed by atoms with Crippen LogP contribution in [-0.4, -0.2) is 23.7 Å². The summed E-state index contributed by atoms with van der Waals surface area (Å²) in [5.41, 5.74) is 0. The number of aliphatic carboxylic acids is 1. The molecule has 3 atom stereocenters. The fourth-order valence-corrected chi connectivity index (χ4v) is 2.19. The van der Waals surface area contributed by atoms with E-state index in [9.17, 15) is 4.79 Å². The van der Waals surface area contributed by atoms with Crippen molar-refractivity contribution in [3.63, 3.8) is 0 Å². The molecule has 3 heteroatoms. The molecular formula is C13H25NO2. The first kappa shape index (κ1) is 13.5. The van der Waals surface area contributed by atoms with Gasteiger partial charge >= 0.3 is 5.97 Å². The Bertz CT molecular complexity index is 228. The predicted octanol–water partition coefficient (Wildman–Crippen LogP) is 2.51. The fraction of sp³-hybridized carbons (Fsp3) is 0.923. The lowest BCUT2D eigenvalue weighted by Crippen LogP contribution is -2.39. The van der Waals surface area contributed by atoms with E-state index in [1.54, 1.807) is 0 Å². The maximum Gasteiger partial charge on any atom is 0.306 e. The molecule has 0 aromatic carbocycles. The van der Waals surface area contributed by atoms with Crippen LogP contribution in [0.1, 0.15) is 46.5 Å². The van der Waals surface area contributed by atoms with Gasteiger partial charge in [-0.15, -0.1) is 0 Å². The molecule has 1 aliphatic rings. The van der Waals surface area contributed by atoms with Crippen molar-refractivity contribution in [3.8, 4) is 0 Å². The average molecular weight is 227 g/mol. The van der Waals surface area contributed by atoms with Gasteiger partial charge in [0, 0.05) is 6.04 Å². The molecule has 1 fully saturated rings. The lowest BCUT2D eigenvalue weighted by molar-refractivity contribution is -0.143. The Hall–Kier alpha value is -0.570. The molecule has 0 spiro atoms. The van der Waals surface area contributed by atoms with E-state index in [1.807, 2.05) is 0 Å². The highest BCUT2D eigenvalue weighted by atomic mass is 16.4. The summed E-state index contributed by atoms with van der Waals surface area (Å²) in [5.74, 6) is 0.598. The van der Waals surface area contributed by atoms with Crippen molar-refractivity contribution in [1.29, 1.82) is 0 Å². The van der Waals surface area contributed by atoms with Gasteiger partial charge in [0.15, 0.2) is 0 Å². The minimum Gasteiger partial charge on any atom is -0.481 e. The number of carbonyl (C=O) groups is 1. The fourth-order valence-electron chi connectivity index (χ4n) is 2.19. The Morgan fingerprint density at radius 2 is 2.06 bits per heavy atom. The number of nitrogens with one attached hydrogen (secondary N) is 1. The van der Waals surface area contributed by atoms with Gasteiger partial charge in [0.25, 0.3) is 0 Å². The highest BCUT2D eigenvalue weighted by molar-refractivity contribution is 5.70. The number of rotatable bonds is 5. The molecule has 1 aliphatic carbocycles. The second kappa shape index (κ2) is 6.24. The molecule has 16 heavy (non-hydrogen) atoms. The summed E-state index contributed by atoms with van der Waals surface area (Å²) < 4.78 is 0. The number of hydrogen-bond acceptors (Lipinski definition) is 2. The third kappa shape index (κ3) is 4.12. The topological polar surface area (TPSA) is 49.3 Å². The van der Waals surface area contributed by atoms with E-state index >= 15 is 0 Å². The Labute approximate surface area is 98.6 Å². The zero-order valence-electron chi connectivity index (χ0n) is 10.7. The largest absolute Gasteiger partial charge is 0.481 e. The molecule has 0 radical (unpaired) electrons. The lowest BCUT2D eigenvalue weighted by atomic mass is 9.85. The second-order valence-corrected chi connectivity index (χ2v) is 5.53. The number of carboxylic acid groups (broad SMARTS) is 1. The van der Waals surface area contributed by atoms with Crippen LogP contribution >= 0.6 is 0 Å². The minimum absolute atomic E-state index is 0.124. The van der Waals surface area contributed by atoms with Crippen molar-refractivity contribution < 1.29 is 9.90 Å². The van der Waals surface area contributed by atoms with E-state index in [0.29, 0.717) is 17.9 Å². The molecule has 0 heterocycles. The lowest BCUT2D eigenvalue weighted by Gasteiger charge is -2.29. The van der Waals surface area contributed by atoms with Crippen LogP contribution in [0.5, 0.6) is 0 Å². The zero-order chi connectivity index (χ0) is 12.1. The van der Waals surface area contributed by atoms with Gasteiger partial charge < -0.3 is 10.4 Å². The van der Waals surface area contributed by atoms with E-state index in [4.69, 9.17) is 5.11 Å². The number of carboxylic acids is 1. The van der Waals surface area contributed by atoms with Gasteiger partial charge in [0.05, 0.1) is 5.92 Å². The number of hydrogen-bond donors (Lipinski definition) is 2. The summed E-state index contributed by atoms with van der Waals surface area (Å²) in [6, 6.07) is 0.413.